The zero-order valence-corrected chi connectivity index (χ0v) is 23.6. The summed E-state index contributed by atoms with van der Waals surface area (Å²) >= 11 is 6.84. The fourth-order valence-corrected chi connectivity index (χ4v) is 6.86. The van der Waals surface area contributed by atoms with E-state index < -0.39 is 5.82 Å². The first kappa shape index (κ1) is 26.6. The molecule has 8 nitrogen and oxygen atoms in total. The Kier molecular flexibility index (Phi) is 7.28. The van der Waals surface area contributed by atoms with E-state index in [1.165, 1.54) is 0 Å². The first-order chi connectivity index (χ1) is 20.0. The van der Waals surface area contributed by atoms with E-state index in [0.717, 1.165) is 75.8 Å². The number of piperazine rings is 2. The summed E-state index contributed by atoms with van der Waals surface area (Å²) in [5.74, 6) is 0.150. The van der Waals surface area contributed by atoms with Crippen LogP contribution in [0.15, 0.2) is 42.5 Å². The monoisotopic (exact) mass is 576 g/mol. The van der Waals surface area contributed by atoms with Crippen molar-refractivity contribution in [3.05, 3.63) is 53.3 Å². The minimum absolute atomic E-state index is 0.0439. The summed E-state index contributed by atoms with van der Waals surface area (Å²) in [5.41, 5.74) is 0.898. The van der Waals surface area contributed by atoms with E-state index >= 15 is 4.39 Å². The molecule has 1 aromatic heterocycles. The molecule has 3 fully saturated rings. The Morgan fingerprint density at radius 3 is 2.61 bits per heavy atom. The Balaban J connectivity index is 1.29. The van der Waals surface area contributed by atoms with Crippen LogP contribution in [0.25, 0.3) is 32.8 Å². The van der Waals surface area contributed by atoms with Crippen LogP contribution >= 0.6 is 11.6 Å². The summed E-state index contributed by atoms with van der Waals surface area (Å²) in [5, 5.41) is 19.9. The summed E-state index contributed by atoms with van der Waals surface area (Å²) in [6.45, 7) is 7.00. The summed E-state index contributed by atoms with van der Waals surface area (Å²) in [6, 6.07) is 13.5. The van der Waals surface area contributed by atoms with Crippen molar-refractivity contribution >= 4 is 39.1 Å². The normalized spacial score (nSPS) is 21.2. The number of phenolic OH excluding ortho intramolecular Hbond substituents is 1. The van der Waals surface area contributed by atoms with Gasteiger partial charge in [0.05, 0.1) is 11.6 Å². The standard InChI is InChI=1S/C31H34ClFN6O2/c32-26-16-25-29(28(33)27(26)24-15-22(40)14-19-4-1-2-5-23(19)24)36-31(41-13-3-10-38-11-8-34-9-12-38)37-30(25)39-17-20-6-7-21(18-39)35-20/h1-2,4-5,14-16,20-21,34-35,40H,3,6-13,17-18H2. The van der Waals surface area contributed by atoms with Gasteiger partial charge in [-0.1, -0.05) is 35.9 Å². The van der Waals surface area contributed by atoms with Crippen LogP contribution in [0, 0.1) is 5.82 Å². The highest BCUT2D eigenvalue weighted by atomic mass is 35.5. The van der Waals surface area contributed by atoms with Crippen molar-refractivity contribution in [2.45, 2.75) is 31.3 Å². The molecular formula is C31H34ClFN6O2. The third-order valence-electron chi connectivity index (χ3n) is 8.53. The molecule has 10 heteroatoms. The van der Waals surface area contributed by atoms with Gasteiger partial charge in [-0.25, -0.2) is 4.39 Å². The lowest BCUT2D eigenvalue weighted by molar-refractivity contribution is 0.209. The highest BCUT2D eigenvalue weighted by molar-refractivity contribution is 6.35. The average Bonchev–Trinajstić information content (AvgIpc) is 3.32. The molecule has 0 radical (unpaired) electrons. The number of aromatic hydroxyl groups is 1. The largest absolute Gasteiger partial charge is 0.508 e. The van der Waals surface area contributed by atoms with Crippen LogP contribution in [0.2, 0.25) is 5.02 Å². The second-order valence-corrected chi connectivity index (χ2v) is 11.7. The molecule has 41 heavy (non-hydrogen) atoms. The van der Waals surface area contributed by atoms with E-state index in [0.29, 0.717) is 35.5 Å². The van der Waals surface area contributed by atoms with E-state index in [4.69, 9.17) is 21.3 Å². The zero-order valence-electron chi connectivity index (χ0n) is 22.9. The highest BCUT2D eigenvalue weighted by Crippen LogP contribution is 2.42. The SMILES string of the molecule is Oc1cc(-c2c(Cl)cc3c(N4CC5CCC(C4)N5)nc(OCCCN4CCNCC4)nc3c2F)c2ccccc2c1. The number of hydrogen-bond acceptors (Lipinski definition) is 8. The van der Waals surface area contributed by atoms with Crippen molar-refractivity contribution in [1.29, 1.82) is 0 Å². The van der Waals surface area contributed by atoms with Crippen LogP contribution in [-0.4, -0.2) is 84.5 Å². The summed E-state index contributed by atoms with van der Waals surface area (Å²) < 4.78 is 22.7. The molecule has 3 saturated heterocycles. The van der Waals surface area contributed by atoms with Gasteiger partial charge in [0.1, 0.15) is 17.1 Å². The molecule has 4 heterocycles. The van der Waals surface area contributed by atoms with Gasteiger partial charge in [-0.05, 0) is 53.8 Å². The molecule has 214 valence electrons. The fourth-order valence-electron chi connectivity index (χ4n) is 6.57. The smallest absolute Gasteiger partial charge is 0.319 e. The van der Waals surface area contributed by atoms with Crippen molar-refractivity contribution in [3.63, 3.8) is 0 Å². The van der Waals surface area contributed by atoms with Crippen molar-refractivity contribution in [1.82, 2.24) is 25.5 Å². The van der Waals surface area contributed by atoms with Gasteiger partial charge in [-0.3, -0.25) is 0 Å². The minimum Gasteiger partial charge on any atom is -0.508 e. The van der Waals surface area contributed by atoms with Gasteiger partial charge in [0.2, 0.25) is 0 Å². The molecule has 0 spiro atoms. The number of ether oxygens (including phenoxy) is 1. The predicted molar refractivity (Wildman–Crippen MR) is 161 cm³/mol. The highest BCUT2D eigenvalue weighted by Gasteiger charge is 2.34. The van der Waals surface area contributed by atoms with E-state index in [1.54, 1.807) is 18.2 Å². The number of nitrogens with one attached hydrogen (secondary N) is 2. The lowest BCUT2D eigenvalue weighted by Gasteiger charge is -2.34. The van der Waals surface area contributed by atoms with Gasteiger partial charge in [-0.15, -0.1) is 0 Å². The van der Waals surface area contributed by atoms with Crippen molar-refractivity contribution in [2.75, 3.05) is 57.3 Å². The number of rotatable bonds is 7. The summed E-state index contributed by atoms with van der Waals surface area (Å²) in [4.78, 5) is 14.1. The van der Waals surface area contributed by atoms with Gasteiger partial charge in [-0.2, -0.15) is 9.97 Å². The first-order valence-corrected chi connectivity index (χ1v) is 14.9. The molecule has 0 amide bonds. The number of nitrogens with zero attached hydrogens (tertiary/aromatic N) is 4. The number of phenols is 1. The van der Waals surface area contributed by atoms with E-state index in [1.807, 2.05) is 24.3 Å². The third kappa shape index (κ3) is 5.28. The molecule has 3 N–H and O–H groups in total. The number of anilines is 1. The molecule has 3 aromatic carbocycles. The average molecular weight is 577 g/mol. The lowest BCUT2D eigenvalue weighted by Crippen LogP contribution is -2.51. The number of benzene rings is 3. The Labute approximate surface area is 243 Å². The van der Waals surface area contributed by atoms with E-state index in [-0.39, 0.29) is 27.9 Å². The molecular weight excluding hydrogens is 543 g/mol. The molecule has 2 unspecified atom stereocenters. The maximum absolute atomic E-state index is 16.6. The first-order valence-electron chi connectivity index (χ1n) is 14.5. The topological polar surface area (TPSA) is 85.8 Å². The van der Waals surface area contributed by atoms with Crippen LogP contribution < -0.4 is 20.3 Å². The number of fused-ring (bicyclic) bond motifs is 4. The Hall–Kier alpha value is -3.24. The molecule has 0 saturated carbocycles. The van der Waals surface area contributed by atoms with Crippen LogP contribution in [-0.2, 0) is 0 Å². The van der Waals surface area contributed by atoms with Gasteiger partial charge < -0.3 is 30.3 Å². The van der Waals surface area contributed by atoms with Gasteiger partial charge in [0, 0.05) is 68.8 Å². The quantitative estimate of drug-likeness (QED) is 0.276. The molecule has 2 bridgehead atoms. The molecule has 0 aliphatic carbocycles. The maximum Gasteiger partial charge on any atom is 0.319 e. The van der Waals surface area contributed by atoms with E-state index in [2.05, 4.69) is 25.4 Å². The molecule has 4 aromatic rings. The minimum atomic E-state index is -0.546. The summed E-state index contributed by atoms with van der Waals surface area (Å²) in [6.07, 6.45) is 3.06. The lowest BCUT2D eigenvalue weighted by atomic mass is 9.96. The van der Waals surface area contributed by atoms with Gasteiger partial charge >= 0.3 is 6.01 Å². The number of hydrogen-bond donors (Lipinski definition) is 3. The molecule has 3 aliphatic rings. The maximum atomic E-state index is 16.6. The zero-order chi connectivity index (χ0) is 27.9. The Bertz CT molecular complexity index is 1580. The van der Waals surface area contributed by atoms with Crippen LogP contribution in [0.3, 0.4) is 0 Å². The Morgan fingerprint density at radius 2 is 1.80 bits per heavy atom. The van der Waals surface area contributed by atoms with E-state index in [9.17, 15) is 5.11 Å². The molecule has 2 atom stereocenters. The molecule has 3 aliphatic heterocycles. The third-order valence-corrected chi connectivity index (χ3v) is 8.83. The van der Waals surface area contributed by atoms with Crippen molar-refractivity contribution in [3.8, 4) is 22.9 Å². The summed E-state index contributed by atoms with van der Waals surface area (Å²) in [7, 11) is 0. The van der Waals surface area contributed by atoms with Crippen molar-refractivity contribution in [2.24, 2.45) is 0 Å². The number of halogens is 2. The van der Waals surface area contributed by atoms with Crippen molar-refractivity contribution < 1.29 is 14.2 Å². The second-order valence-electron chi connectivity index (χ2n) is 11.3. The van der Waals surface area contributed by atoms with Gasteiger partial charge in [0.15, 0.2) is 5.82 Å². The van der Waals surface area contributed by atoms with Gasteiger partial charge in [0.25, 0.3) is 0 Å². The number of aromatic nitrogens is 2. The van der Waals surface area contributed by atoms with Crippen LogP contribution in [0.4, 0.5) is 10.2 Å². The second kappa shape index (κ2) is 11.2. The predicted octanol–water partition coefficient (Wildman–Crippen LogP) is 4.56. The molecule has 7 rings (SSSR count). The Morgan fingerprint density at radius 1 is 1.02 bits per heavy atom. The van der Waals surface area contributed by atoms with Crippen LogP contribution in [0.1, 0.15) is 19.3 Å². The van der Waals surface area contributed by atoms with Crippen LogP contribution in [0.5, 0.6) is 11.8 Å². The fraction of sp³-hybridized carbons (Fsp3) is 0.419.